The number of aryl methyl sites for hydroxylation is 1. The van der Waals surface area contributed by atoms with E-state index in [4.69, 9.17) is 5.73 Å². The molecule has 20 heavy (non-hydrogen) atoms. The van der Waals surface area contributed by atoms with Crippen LogP contribution in [0.4, 0.5) is 0 Å². The minimum atomic E-state index is 0.139. The summed E-state index contributed by atoms with van der Waals surface area (Å²) < 4.78 is 1.11. The Hall–Kier alpha value is -1.16. The Morgan fingerprint density at radius 3 is 2.45 bits per heavy atom. The molecule has 0 amide bonds. The molecular formula is C17H21BrN2. The van der Waals surface area contributed by atoms with Gasteiger partial charge in [-0.3, -0.25) is 0 Å². The number of rotatable bonds is 5. The predicted molar refractivity (Wildman–Crippen MR) is 88.7 cm³/mol. The van der Waals surface area contributed by atoms with Crippen molar-refractivity contribution in [3.8, 4) is 0 Å². The standard InChI is InChI=1S/C17H21BrN2/c1-12-8-9-15(16(18)10-12)17(11-19)20-13(2)14-6-4-3-5-7-14/h3-10,13,17,20H,11,19H2,1-2H3. The molecule has 3 N–H and O–H groups in total. The summed E-state index contributed by atoms with van der Waals surface area (Å²) in [6, 6.07) is 17.2. The van der Waals surface area contributed by atoms with Gasteiger partial charge in [-0.15, -0.1) is 0 Å². The van der Waals surface area contributed by atoms with Gasteiger partial charge in [-0.1, -0.05) is 58.4 Å². The van der Waals surface area contributed by atoms with E-state index < -0.39 is 0 Å². The molecule has 0 aliphatic carbocycles. The number of benzene rings is 2. The van der Waals surface area contributed by atoms with Crippen molar-refractivity contribution in [1.82, 2.24) is 5.32 Å². The monoisotopic (exact) mass is 332 g/mol. The molecule has 0 aromatic heterocycles. The summed E-state index contributed by atoms with van der Waals surface area (Å²) in [4.78, 5) is 0. The molecule has 0 bridgehead atoms. The van der Waals surface area contributed by atoms with Gasteiger partial charge in [0.1, 0.15) is 0 Å². The van der Waals surface area contributed by atoms with Gasteiger partial charge in [0.25, 0.3) is 0 Å². The Morgan fingerprint density at radius 2 is 1.85 bits per heavy atom. The van der Waals surface area contributed by atoms with Crippen molar-refractivity contribution in [2.75, 3.05) is 6.54 Å². The summed E-state index contributed by atoms with van der Waals surface area (Å²) in [5, 5.41) is 3.60. The molecular weight excluding hydrogens is 312 g/mol. The molecule has 106 valence electrons. The van der Waals surface area contributed by atoms with E-state index in [1.807, 2.05) is 6.07 Å². The molecule has 0 radical (unpaired) electrons. The van der Waals surface area contributed by atoms with Crippen molar-refractivity contribution in [2.45, 2.75) is 25.9 Å². The summed E-state index contributed by atoms with van der Waals surface area (Å²) in [5.74, 6) is 0. The number of hydrogen-bond acceptors (Lipinski definition) is 2. The lowest BCUT2D eigenvalue weighted by molar-refractivity contribution is 0.472. The van der Waals surface area contributed by atoms with Crippen LogP contribution in [-0.2, 0) is 0 Å². The van der Waals surface area contributed by atoms with Gasteiger partial charge in [0, 0.05) is 23.1 Å². The van der Waals surface area contributed by atoms with E-state index in [9.17, 15) is 0 Å². The average Bonchev–Trinajstić information content (AvgIpc) is 2.46. The second-order valence-corrected chi connectivity index (χ2v) is 5.97. The first kappa shape index (κ1) is 15.2. The van der Waals surface area contributed by atoms with E-state index in [1.54, 1.807) is 0 Å². The van der Waals surface area contributed by atoms with Gasteiger partial charge in [0.2, 0.25) is 0 Å². The molecule has 0 aliphatic rings. The van der Waals surface area contributed by atoms with Crippen LogP contribution in [0.1, 0.15) is 35.7 Å². The first-order chi connectivity index (χ1) is 9.61. The van der Waals surface area contributed by atoms with Crippen LogP contribution >= 0.6 is 15.9 Å². The molecule has 0 saturated carbocycles. The van der Waals surface area contributed by atoms with Crippen molar-refractivity contribution in [2.24, 2.45) is 5.73 Å². The highest BCUT2D eigenvalue weighted by Crippen LogP contribution is 2.26. The van der Waals surface area contributed by atoms with Crippen LogP contribution in [-0.4, -0.2) is 6.54 Å². The first-order valence-corrected chi connectivity index (χ1v) is 7.68. The van der Waals surface area contributed by atoms with Crippen LogP contribution in [0.15, 0.2) is 53.0 Å². The molecule has 0 saturated heterocycles. The molecule has 0 spiro atoms. The molecule has 3 heteroatoms. The van der Waals surface area contributed by atoms with E-state index in [0.29, 0.717) is 6.54 Å². The third-order valence-corrected chi connectivity index (χ3v) is 4.20. The Bertz CT molecular complexity index is 554. The van der Waals surface area contributed by atoms with Crippen molar-refractivity contribution in [3.63, 3.8) is 0 Å². The fraction of sp³-hybridized carbons (Fsp3) is 0.294. The zero-order valence-corrected chi connectivity index (χ0v) is 13.5. The van der Waals surface area contributed by atoms with Gasteiger partial charge < -0.3 is 11.1 Å². The van der Waals surface area contributed by atoms with Gasteiger partial charge in [0.15, 0.2) is 0 Å². The molecule has 2 atom stereocenters. The third kappa shape index (κ3) is 3.69. The molecule has 2 unspecified atom stereocenters. The van der Waals surface area contributed by atoms with E-state index in [1.165, 1.54) is 16.7 Å². The highest BCUT2D eigenvalue weighted by atomic mass is 79.9. The van der Waals surface area contributed by atoms with Gasteiger partial charge in [0.05, 0.1) is 0 Å². The first-order valence-electron chi connectivity index (χ1n) is 6.89. The summed E-state index contributed by atoms with van der Waals surface area (Å²) in [5.41, 5.74) is 9.68. The highest BCUT2D eigenvalue weighted by molar-refractivity contribution is 9.10. The van der Waals surface area contributed by atoms with Crippen LogP contribution in [0.5, 0.6) is 0 Å². The maximum atomic E-state index is 5.95. The Balaban J connectivity index is 2.17. The second kappa shape index (κ2) is 7.02. The molecule has 0 aliphatic heterocycles. The van der Waals surface area contributed by atoms with Crippen molar-refractivity contribution in [3.05, 3.63) is 69.7 Å². The lowest BCUT2D eigenvalue weighted by Crippen LogP contribution is -2.30. The lowest BCUT2D eigenvalue weighted by Gasteiger charge is -2.24. The Kier molecular flexibility index (Phi) is 5.35. The number of nitrogens with one attached hydrogen (secondary N) is 1. The third-order valence-electron chi connectivity index (χ3n) is 3.52. The average molecular weight is 333 g/mol. The predicted octanol–water partition coefficient (Wildman–Crippen LogP) is 4.11. The molecule has 0 fully saturated rings. The smallest absolute Gasteiger partial charge is 0.0460 e. The van der Waals surface area contributed by atoms with Crippen molar-refractivity contribution >= 4 is 15.9 Å². The highest BCUT2D eigenvalue weighted by Gasteiger charge is 2.16. The molecule has 0 heterocycles. The fourth-order valence-electron chi connectivity index (χ4n) is 2.34. The largest absolute Gasteiger partial charge is 0.329 e. The van der Waals surface area contributed by atoms with Crippen molar-refractivity contribution < 1.29 is 0 Å². The minimum Gasteiger partial charge on any atom is -0.329 e. The van der Waals surface area contributed by atoms with Crippen LogP contribution in [0.25, 0.3) is 0 Å². The number of nitrogens with two attached hydrogens (primary N) is 1. The normalized spacial score (nSPS) is 14.0. The maximum absolute atomic E-state index is 5.95. The van der Waals surface area contributed by atoms with Crippen LogP contribution in [0.3, 0.4) is 0 Å². The summed E-state index contributed by atoms with van der Waals surface area (Å²) in [6.07, 6.45) is 0. The minimum absolute atomic E-state index is 0.139. The van der Waals surface area contributed by atoms with Crippen LogP contribution in [0, 0.1) is 6.92 Å². The fourth-order valence-corrected chi connectivity index (χ4v) is 3.11. The lowest BCUT2D eigenvalue weighted by atomic mass is 10.0. The van der Waals surface area contributed by atoms with E-state index in [2.05, 4.69) is 77.6 Å². The SMILES string of the molecule is Cc1ccc(C(CN)NC(C)c2ccccc2)c(Br)c1. The van der Waals surface area contributed by atoms with E-state index in [-0.39, 0.29) is 12.1 Å². The summed E-state index contributed by atoms with van der Waals surface area (Å²) in [7, 11) is 0. The number of hydrogen-bond donors (Lipinski definition) is 2. The Morgan fingerprint density at radius 1 is 1.15 bits per heavy atom. The van der Waals surface area contributed by atoms with Crippen LogP contribution < -0.4 is 11.1 Å². The zero-order valence-electron chi connectivity index (χ0n) is 11.9. The number of halogens is 1. The summed E-state index contributed by atoms with van der Waals surface area (Å²) >= 11 is 3.64. The Labute approximate surface area is 129 Å². The maximum Gasteiger partial charge on any atom is 0.0460 e. The quantitative estimate of drug-likeness (QED) is 0.864. The summed E-state index contributed by atoms with van der Waals surface area (Å²) in [6.45, 7) is 4.82. The van der Waals surface area contributed by atoms with Gasteiger partial charge >= 0.3 is 0 Å². The molecule has 2 nitrogen and oxygen atoms in total. The zero-order chi connectivity index (χ0) is 14.5. The molecule has 2 aromatic rings. The van der Waals surface area contributed by atoms with Crippen LogP contribution in [0.2, 0.25) is 0 Å². The van der Waals surface area contributed by atoms with Gasteiger partial charge in [-0.05, 0) is 36.6 Å². The van der Waals surface area contributed by atoms with E-state index in [0.717, 1.165) is 4.47 Å². The van der Waals surface area contributed by atoms with Crippen molar-refractivity contribution in [1.29, 1.82) is 0 Å². The molecule has 2 aromatic carbocycles. The van der Waals surface area contributed by atoms with Gasteiger partial charge in [-0.25, -0.2) is 0 Å². The van der Waals surface area contributed by atoms with Gasteiger partial charge in [-0.2, -0.15) is 0 Å². The van der Waals surface area contributed by atoms with E-state index >= 15 is 0 Å². The molecule has 2 rings (SSSR count). The second-order valence-electron chi connectivity index (χ2n) is 5.11. The topological polar surface area (TPSA) is 38.0 Å².